The third-order valence-corrected chi connectivity index (χ3v) is 2.45. The van der Waals surface area contributed by atoms with Crippen molar-refractivity contribution in [2.24, 2.45) is 0 Å². The predicted octanol–water partition coefficient (Wildman–Crippen LogP) is 3.19. The second-order valence-electron chi connectivity index (χ2n) is 4.63. The number of hydrogen-bond donors (Lipinski definition) is 1. The highest BCUT2D eigenvalue weighted by molar-refractivity contribution is 5.77. The third kappa shape index (κ3) is 6.03. The van der Waals surface area contributed by atoms with Gasteiger partial charge in [-0.1, -0.05) is 12.1 Å². The summed E-state index contributed by atoms with van der Waals surface area (Å²) in [6, 6.07) is 4.39. The summed E-state index contributed by atoms with van der Waals surface area (Å²) in [6.45, 7) is 5.49. The Bertz CT molecular complexity index is 475. The Balaban J connectivity index is 3.01. The first-order valence-corrected chi connectivity index (χ1v) is 6.51. The van der Waals surface area contributed by atoms with Crippen molar-refractivity contribution in [1.82, 2.24) is 5.32 Å². The lowest BCUT2D eigenvalue weighted by Crippen LogP contribution is -2.34. The fourth-order valence-electron chi connectivity index (χ4n) is 1.75. The van der Waals surface area contributed by atoms with Crippen molar-refractivity contribution >= 4 is 5.97 Å². The number of carbonyl (C=O) groups excluding carboxylic acids is 1. The maximum absolute atomic E-state index is 12.2. The molecule has 1 atom stereocenters. The SMILES string of the molecule is CCOC(=O)C(NC(C)C)c1cccc(OC(F)(F)F)c1. The second-order valence-corrected chi connectivity index (χ2v) is 4.63. The normalized spacial score (nSPS) is 13.1. The highest BCUT2D eigenvalue weighted by Crippen LogP contribution is 2.26. The van der Waals surface area contributed by atoms with Gasteiger partial charge < -0.3 is 9.47 Å². The van der Waals surface area contributed by atoms with Gasteiger partial charge in [-0.25, -0.2) is 4.79 Å². The van der Waals surface area contributed by atoms with Gasteiger partial charge in [0.15, 0.2) is 0 Å². The van der Waals surface area contributed by atoms with Crippen molar-refractivity contribution in [3.8, 4) is 5.75 Å². The van der Waals surface area contributed by atoms with Crippen LogP contribution in [0.1, 0.15) is 32.4 Å². The fraction of sp³-hybridized carbons (Fsp3) is 0.500. The van der Waals surface area contributed by atoms with Crippen molar-refractivity contribution < 1.29 is 27.4 Å². The lowest BCUT2D eigenvalue weighted by atomic mass is 10.1. The van der Waals surface area contributed by atoms with Crippen molar-refractivity contribution in [1.29, 1.82) is 0 Å². The van der Waals surface area contributed by atoms with Gasteiger partial charge in [0.1, 0.15) is 11.8 Å². The molecule has 0 aliphatic rings. The highest BCUT2D eigenvalue weighted by atomic mass is 19.4. The van der Waals surface area contributed by atoms with Gasteiger partial charge >= 0.3 is 12.3 Å². The van der Waals surface area contributed by atoms with Crippen LogP contribution >= 0.6 is 0 Å². The Labute approximate surface area is 121 Å². The topological polar surface area (TPSA) is 47.6 Å². The van der Waals surface area contributed by atoms with Gasteiger partial charge in [0, 0.05) is 6.04 Å². The zero-order valence-corrected chi connectivity index (χ0v) is 12.0. The molecule has 1 aromatic rings. The first-order chi connectivity index (χ1) is 9.73. The van der Waals surface area contributed by atoms with Crippen molar-refractivity contribution in [3.63, 3.8) is 0 Å². The molecule has 1 unspecified atom stereocenters. The zero-order valence-electron chi connectivity index (χ0n) is 12.0. The van der Waals surface area contributed by atoms with Gasteiger partial charge in [-0.15, -0.1) is 13.2 Å². The first kappa shape index (κ1) is 17.3. The average Bonchev–Trinajstić information content (AvgIpc) is 2.34. The molecule has 21 heavy (non-hydrogen) atoms. The number of rotatable bonds is 6. The van der Waals surface area contributed by atoms with Crippen LogP contribution < -0.4 is 10.1 Å². The number of ether oxygens (including phenoxy) is 2. The monoisotopic (exact) mass is 305 g/mol. The van der Waals surface area contributed by atoms with Gasteiger partial charge in [-0.05, 0) is 38.5 Å². The number of benzene rings is 1. The van der Waals surface area contributed by atoms with Crippen LogP contribution in [0.25, 0.3) is 0 Å². The number of nitrogens with one attached hydrogen (secondary N) is 1. The largest absolute Gasteiger partial charge is 0.573 e. The van der Waals surface area contributed by atoms with E-state index in [0.29, 0.717) is 5.56 Å². The Hall–Kier alpha value is -1.76. The quantitative estimate of drug-likeness (QED) is 0.820. The first-order valence-electron chi connectivity index (χ1n) is 6.51. The Morgan fingerprint density at radius 3 is 2.52 bits per heavy atom. The summed E-state index contributed by atoms with van der Waals surface area (Å²) in [5.74, 6) is -0.921. The molecule has 0 radical (unpaired) electrons. The van der Waals surface area contributed by atoms with Crippen LogP contribution in [0, 0.1) is 0 Å². The Kier molecular flexibility index (Phi) is 6.02. The molecule has 0 heterocycles. The molecule has 0 spiro atoms. The summed E-state index contributed by atoms with van der Waals surface area (Å²) in [7, 11) is 0. The van der Waals surface area contributed by atoms with Gasteiger partial charge in [-0.2, -0.15) is 0 Å². The highest BCUT2D eigenvalue weighted by Gasteiger charge is 2.31. The van der Waals surface area contributed by atoms with Crippen LogP contribution in [0.4, 0.5) is 13.2 Å². The molecular formula is C14H18F3NO3. The minimum atomic E-state index is -4.77. The molecule has 1 aromatic carbocycles. The van der Waals surface area contributed by atoms with E-state index < -0.39 is 18.4 Å². The standard InChI is InChI=1S/C14H18F3NO3/c1-4-20-13(19)12(18-9(2)3)10-6-5-7-11(8-10)21-14(15,16)17/h5-9,12,18H,4H2,1-3H3. The number of hydrogen-bond acceptors (Lipinski definition) is 4. The summed E-state index contributed by atoms with van der Waals surface area (Å²) >= 11 is 0. The molecule has 0 aliphatic carbocycles. The molecule has 4 nitrogen and oxygen atoms in total. The number of carbonyl (C=O) groups is 1. The van der Waals surface area contributed by atoms with Gasteiger partial charge in [0.05, 0.1) is 6.61 Å². The smallest absolute Gasteiger partial charge is 0.465 e. The Morgan fingerprint density at radius 2 is 2.00 bits per heavy atom. The summed E-state index contributed by atoms with van der Waals surface area (Å²) < 4.78 is 45.5. The lowest BCUT2D eigenvalue weighted by Gasteiger charge is -2.20. The fourth-order valence-corrected chi connectivity index (χ4v) is 1.75. The molecular weight excluding hydrogens is 287 g/mol. The number of alkyl halides is 3. The molecule has 118 valence electrons. The lowest BCUT2D eigenvalue weighted by molar-refractivity contribution is -0.274. The van der Waals surface area contributed by atoms with E-state index >= 15 is 0 Å². The van der Waals surface area contributed by atoms with Crippen LogP contribution in [0.3, 0.4) is 0 Å². The molecule has 1 N–H and O–H groups in total. The summed E-state index contributed by atoms with van der Waals surface area (Å²) in [5, 5.41) is 2.96. The van der Waals surface area contributed by atoms with Crippen molar-refractivity contribution in [3.05, 3.63) is 29.8 Å². The van der Waals surface area contributed by atoms with E-state index in [-0.39, 0.29) is 18.4 Å². The minimum Gasteiger partial charge on any atom is -0.465 e. The van der Waals surface area contributed by atoms with E-state index in [0.717, 1.165) is 0 Å². The summed E-state index contributed by atoms with van der Waals surface area (Å²) in [5.41, 5.74) is 0.351. The van der Waals surface area contributed by atoms with Crippen molar-refractivity contribution in [2.75, 3.05) is 6.61 Å². The van der Waals surface area contributed by atoms with Crippen LogP contribution in [-0.4, -0.2) is 25.0 Å². The molecule has 0 aliphatic heterocycles. The average molecular weight is 305 g/mol. The molecule has 7 heteroatoms. The number of halogens is 3. The van der Waals surface area contributed by atoms with Crippen LogP contribution in [0.5, 0.6) is 5.75 Å². The third-order valence-electron chi connectivity index (χ3n) is 2.45. The molecule has 0 aromatic heterocycles. The molecule has 0 fully saturated rings. The second kappa shape index (κ2) is 7.31. The maximum atomic E-state index is 12.2. The van der Waals surface area contributed by atoms with Gasteiger partial charge in [0.25, 0.3) is 0 Å². The van der Waals surface area contributed by atoms with E-state index in [1.54, 1.807) is 13.0 Å². The van der Waals surface area contributed by atoms with Gasteiger partial charge in [0.2, 0.25) is 0 Å². The molecule has 0 saturated heterocycles. The summed E-state index contributed by atoms with van der Waals surface area (Å²) in [6.07, 6.45) is -4.77. The molecule has 0 saturated carbocycles. The van der Waals surface area contributed by atoms with E-state index in [9.17, 15) is 18.0 Å². The van der Waals surface area contributed by atoms with E-state index in [1.807, 2.05) is 13.8 Å². The number of esters is 1. The minimum absolute atomic E-state index is 0.0494. The van der Waals surface area contributed by atoms with E-state index in [1.165, 1.54) is 18.2 Å². The molecule has 1 rings (SSSR count). The van der Waals surface area contributed by atoms with E-state index in [4.69, 9.17) is 4.74 Å². The Morgan fingerprint density at radius 1 is 1.33 bits per heavy atom. The molecule has 0 amide bonds. The van der Waals surface area contributed by atoms with Crippen LogP contribution in [0.15, 0.2) is 24.3 Å². The summed E-state index contributed by atoms with van der Waals surface area (Å²) in [4.78, 5) is 11.9. The van der Waals surface area contributed by atoms with E-state index in [2.05, 4.69) is 10.1 Å². The van der Waals surface area contributed by atoms with Crippen LogP contribution in [0.2, 0.25) is 0 Å². The maximum Gasteiger partial charge on any atom is 0.573 e. The molecule has 0 bridgehead atoms. The zero-order chi connectivity index (χ0) is 16.0. The van der Waals surface area contributed by atoms with Gasteiger partial charge in [-0.3, -0.25) is 5.32 Å². The predicted molar refractivity (Wildman–Crippen MR) is 70.8 cm³/mol. The van der Waals surface area contributed by atoms with Crippen LogP contribution in [-0.2, 0) is 9.53 Å². The van der Waals surface area contributed by atoms with Crippen molar-refractivity contribution in [2.45, 2.75) is 39.2 Å².